The average molecular weight is 221 g/mol. The van der Waals surface area contributed by atoms with Crippen molar-refractivity contribution < 1.29 is 0 Å². The van der Waals surface area contributed by atoms with E-state index >= 15 is 0 Å². The molecule has 1 aromatic rings. The molecule has 0 aromatic carbocycles. The summed E-state index contributed by atoms with van der Waals surface area (Å²) < 4.78 is 0. The van der Waals surface area contributed by atoms with E-state index in [0.29, 0.717) is 0 Å². The van der Waals surface area contributed by atoms with E-state index in [4.69, 9.17) is 0 Å². The first-order valence-electron chi connectivity index (χ1n) is 5.63. The lowest BCUT2D eigenvalue weighted by molar-refractivity contribution is 0.736. The second kappa shape index (κ2) is 4.50. The van der Waals surface area contributed by atoms with Gasteiger partial charge in [0, 0.05) is 22.3 Å². The molecule has 1 fully saturated rings. The molecule has 1 heterocycles. The van der Waals surface area contributed by atoms with Gasteiger partial charge in [-0.05, 0) is 45.2 Å². The number of nitrogens with one attached hydrogen (secondary N) is 1. The fourth-order valence-electron chi connectivity index (χ4n) is 1.70. The van der Waals surface area contributed by atoms with Crippen LogP contribution in [0.2, 0.25) is 0 Å². The zero-order chi connectivity index (χ0) is 10.8. The Morgan fingerprint density at radius 2 is 2.27 bits per heavy atom. The first kappa shape index (κ1) is 10.9. The van der Waals surface area contributed by atoms with E-state index in [1.807, 2.05) is 11.3 Å². The largest absolute Gasteiger partial charge is 0.310 e. The molecule has 0 radical (unpaired) electrons. The Morgan fingerprint density at radius 1 is 1.53 bits per heavy atom. The minimum atomic E-state index is 0.804. The van der Waals surface area contributed by atoms with Crippen LogP contribution in [0.1, 0.15) is 35.1 Å². The predicted molar refractivity (Wildman–Crippen MR) is 68.5 cm³/mol. The summed E-state index contributed by atoms with van der Waals surface area (Å²) in [5, 5.41) is 3.54. The first-order chi connectivity index (χ1) is 7.15. The van der Waals surface area contributed by atoms with Crippen LogP contribution in [0, 0.1) is 13.8 Å². The van der Waals surface area contributed by atoms with Crippen LogP contribution < -0.4 is 5.32 Å². The van der Waals surface area contributed by atoms with Gasteiger partial charge in [0.15, 0.2) is 0 Å². The third kappa shape index (κ3) is 3.18. The van der Waals surface area contributed by atoms with E-state index in [1.54, 1.807) is 0 Å². The lowest BCUT2D eigenvalue weighted by Crippen LogP contribution is -2.18. The molecule has 0 spiro atoms. The average Bonchev–Trinajstić information content (AvgIpc) is 2.92. The molecule has 0 saturated heterocycles. The van der Waals surface area contributed by atoms with E-state index in [1.165, 1.54) is 33.7 Å². The molecule has 0 aliphatic heterocycles. The van der Waals surface area contributed by atoms with Crippen molar-refractivity contribution in [2.24, 2.45) is 0 Å². The van der Waals surface area contributed by atoms with E-state index in [0.717, 1.165) is 12.6 Å². The molecule has 0 unspecified atom stereocenters. The summed E-state index contributed by atoms with van der Waals surface area (Å²) in [6.45, 7) is 7.62. The first-order valence-corrected chi connectivity index (χ1v) is 6.44. The Balaban J connectivity index is 1.97. The monoisotopic (exact) mass is 221 g/mol. The van der Waals surface area contributed by atoms with Crippen LogP contribution in [0.3, 0.4) is 0 Å². The van der Waals surface area contributed by atoms with E-state index in [-0.39, 0.29) is 0 Å². The van der Waals surface area contributed by atoms with Gasteiger partial charge in [0.1, 0.15) is 0 Å². The standard InChI is InChI=1S/C13H19NS/c1-9(8-14-13-4-5-13)6-12-7-10(2)15-11(12)3/h6-7,13-14H,4-5,8H2,1-3H3. The van der Waals surface area contributed by atoms with Gasteiger partial charge in [0.25, 0.3) is 0 Å². The van der Waals surface area contributed by atoms with Crippen LogP contribution in [-0.4, -0.2) is 12.6 Å². The topological polar surface area (TPSA) is 12.0 Å². The Labute approximate surface area is 96.2 Å². The van der Waals surface area contributed by atoms with Crippen molar-refractivity contribution in [3.8, 4) is 0 Å². The van der Waals surface area contributed by atoms with Crippen molar-refractivity contribution in [3.63, 3.8) is 0 Å². The molecule has 2 rings (SSSR count). The molecule has 1 N–H and O–H groups in total. The molecule has 82 valence electrons. The molecule has 1 saturated carbocycles. The number of thiophene rings is 1. The van der Waals surface area contributed by atoms with Crippen molar-refractivity contribution in [1.82, 2.24) is 5.32 Å². The maximum atomic E-state index is 3.54. The molecular weight excluding hydrogens is 202 g/mol. The maximum Gasteiger partial charge on any atom is 0.0167 e. The van der Waals surface area contributed by atoms with E-state index in [9.17, 15) is 0 Å². The van der Waals surface area contributed by atoms with Crippen molar-refractivity contribution in [2.75, 3.05) is 6.54 Å². The minimum absolute atomic E-state index is 0.804. The number of rotatable bonds is 4. The summed E-state index contributed by atoms with van der Waals surface area (Å²) in [5.74, 6) is 0. The molecule has 1 aliphatic rings. The van der Waals surface area contributed by atoms with E-state index in [2.05, 4.69) is 38.2 Å². The van der Waals surface area contributed by atoms with Gasteiger partial charge in [-0.15, -0.1) is 11.3 Å². The molecule has 1 aliphatic carbocycles. The van der Waals surface area contributed by atoms with Gasteiger partial charge >= 0.3 is 0 Å². The Morgan fingerprint density at radius 3 is 2.80 bits per heavy atom. The van der Waals surface area contributed by atoms with Gasteiger partial charge in [-0.1, -0.05) is 11.6 Å². The highest BCUT2D eigenvalue weighted by Crippen LogP contribution is 2.23. The van der Waals surface area contributed by atoms with Crippen LogP contribution in [0.25, 0.3) is 6.08 Å². The molecule has 0 atom stereocenters. The summed E-state index contributed by atoms with van der Waals surface area (Å²) >= 11 is 1.88. The van der Waals surface area contributed by atoms with Crippen LogP contribution >= 0.6 is 11.3 Å². The lowest BCUT2D eigenvalue weighted by atomic mass is 10.1. The summed E-state index contributed by atoms with van der Waals surface area (Å²) in [7, 11) is 0. The predicted octanol–water partition coefficient (Wildman–Crippen LogP) is 3.52. The third-order valence-corrected chi connectivity index (χ3v) is 3.71. The molecule has 15 heavy (non-hydrogen) atoms. The smallest absolute Gasteiger partial charge is 0.0167 e. The van der Waals surface area contributed by atoms with Gasteiger partial charge in [-0.3, -0.25) is 0 Å². The highest BCUT2D eigenvalue weighted by molar-refractivity contribution is 7.12. The Hall–Kier alpha value is -0.600. The van der Waals surface area contributed by atoms with Crippen molar-refractivity contribution in [1.29, 1.82) is 0 Å². The van der Waals surface area contributed by atoms with Gasteiger partial charge in [-0.25, -0.2) is 0 Å². The molecule has 0 bridgehead atoms. The maximum absolute atomic E-state index is 3.54. The molecule has 2 heteroatoms. The molecule has 1 nitrogen and oxygen atoms in total. The van der Waals surface area contributed by atoms with Crippen molar-refractivity contribution >= 4 is 17.4 Å². The van der Waals surface area contributed by atoms with Crippen LogP contribution in [0.5, 0.6) is 0 Å². The summed E-state index contributed by atoms with van der Waals surface area (Å²) in [6, 6.07) is 3.08. The van der Waals surface area contributed by atoms with Crippen LogP contribution in [0.4, 0.5) is 0 Å². The molecular formula is C13H19NS. The quantitative estimate of drug-likeness (QED) is 0.820. The van der Waals surface area contributed by atoms with Crippen molar-refractivity contribution in [2.45, 2.75) is 39.7 Å². The zero-order valence-electron chi connectivity index (χ0n) is 9.76. The van der Waals surface area contributed by atoms with Gasteiger partial charge < -0.3 is 5.32 Å². The van der Waals surface area contributed by atoms with Crippen LogP contribution in [0.15, 0.2) is 11.6 Å². The summed E-state index contributed by atoms with van der Waals surface area (Å²) in [5.41, 5.74) is 2.83. The van der Waals surface area contributed by atoms with Crippen molar-refractivity contribution in [3.05, 3.63) is 27.0 Å². The number of hydrogen-bond donors (Lipinski definition) is 1. The second-order valence-electron chi connectivity index (χ2n) is 4.51. The van der Waals surface area contributed by atoms with Gasteiger partial charge in [0.2, 0.25) is 0 Å². The summed E-state index contributed by atoms with van der Waals surface area (Å²) in [4.78, 5) is 2.83. The van der Waals surface area contributed by atoms with Crippen LogP contribution in [-0.2, 0) is 0 Å². The third-order valence-electron chi connectivity index (χ3n) is 2.73. The highest BCUT2D eigenvalue weighted by Gasteiger charge is 2.19. The lowest BCUT2D eigenvalue weighted by Gasteiger charge is -2.02. The van der Waals surface area contributed by atoms with Gasteiger partial charge in [0.05, 0.1) is 0 Å². The normalized spacial score (nSPS) is 17.1. The molecule has 1 aromatic heterocycles. The zero-order valence-corrected chi connectivity index (χ0v) is 10.6. The number of hydrogen-bond acceptors (Lipinski definition) is 2. The second-order valence-corrected chi connectivity index (χ2v) is 5.97. The molecule has 0 amide bonds. The van der Waals surface area contributed by atoms with E-state index < -0.39 is 0 Å². The number of aryl methyl sites for hydroxylation is 2. The Bertz CT molecular complexity index is 372. The Kier molecular flexibility index (Phi) is 3.27. The summed E-state index contributed by atoms with van der Waals surface area (Å²) in [6.07, 6.45) is 5.04. The fraction of sp³-hybridized carbons (Fsp3) is 0.538. The highest BCUT2D eigenvalue weighted by atomic mass is 32.1. The fourth-order valence-corrected chi connectivity index (χ4v) is 2.61. The SMILES string of the molecule is CC(=Cc1cc(C)sc1C)CNC1CC1. The van der Waals surface area contributed by atoms with Gasteiger partial charge in [-0.2, -0.15) is 0 Å². The minimum Gasteiger partial charge on any atom is -0.310 e.